The van der Waals surface area contributed by atoms with Crippen molar-refractivity contribution in [2.24, 2.45) is 0 Å². The molecule has 1 fully saturated rings. The third-order valence-corrected chi connectivity index (χ3v) is 5.49. The highest BCUT2D eigenvalue weighted by atomic mass is 19.4. The molecule has 8 heteroatoms. The maximum absolute atomic E-state index is 13.0. The lowest BCUT2D eigenvalue weighted by Crippen LogP contribution is -2.31. The molecule has 0 saturated heterocycles. The van der Waals surface area contributed by atoms with Crippen LogP contribution in [0.1, 0.15) is 46.3 Å². The molecule has 1 aliphatic carbocycles. The van der Waals surface area contributed by atoms with Crippen LogP contribution in [0.4, 0.5) is 18.9 Å². The van der Waals surface area contributed by atoms with E-state index in [2.05, 4.69) is 5.32 Å². The van der Waals surface area contributed by atoms with Gasteiger partial charge in [-0.25, -0.2) is 4.79 Å². The molecule has 29 heavy (non-hydrogen) atoms. The Hall–Kier alpha value is -2.87. The highest BCUT2D eigenvalue weighted by molar-refractivity contribution is 5.97. The molecule has 1 atom stereocenters. The Labute approximate surface area is 164 Å². The number of carbonyl (C=O) groups excluding carboxylic acids is 2. The third kappa shape index (κ3) is 3.85. The molecule has 0 aromatic heterocycles. The number of cyclic esters (lactones) is 1. The molecule has 1 amide bonds. The Balaban J connectivity index is 1.45. The molecule has 1 saturated carbocycles. The molecule has 1 aliphatic heterocycles. The van der Waals surface area contributed by atoms with Gasteiger partial charge in [-0.3, -0.25) is 4.79 Å². The molecule has 152 valence electrons. The van der Waals surface area contributed by atoms with Crippen molar-refractivity contribution in [2.45, 2.75) is 43.6 Å². The van der Waals surface area contributed by atoms with Crippen LogP contribution in [0.3, 0.4) is 0 Å². The van der Waals surface area contributed by atoms with E-state index in [1.807, 2.05) is 0 Å². The van der Waals surface area contributed by atoms with Crippen LogP contribution in [0.5, 0.6) is 0 Å². The fourth-order valence-corrected chi connectivity index (χ4v) is 3.69. The number of rotatable bonds is 5. The number of carbonyl (C=O) groups is 2. The summed E-state index contributed by atoms with van der Waals surface area (Å²) in [4.78, 5) is 23.9. The van der Waals surface area contributed by atoms with Crippen molar-refractivity contribution in [1.29, 1.82) is 0 Å². The van der Waals surface area contributed by atoms with E-state index in [-0.39, 0.29) is 13.0 Å². The van der Waals surface area contributed by atoms with E-state index in [4.69, 9.17) is 4.74 Å². The molecule has 5 nitrogen and oxygen atoms in total. The first-order chi connectivity index (χ1) is 13.7. The Morgan fingerprint density at radius 3 is 2.66 bits per heavy atom. The van der Waals surface area contributed by atoms with E-state index in [1.165, 1.54) is 18.2 Å². The first-order valence-corrected chi connectivity index (χ1v) is 9.15. The summed E-state index contributed by atoms with van der Waals surface area (Å²) in [5.41, 5.74) is 0.600. The molecule has 2 aliphatic rings. The van der Waals surface area contributed by atoms with Gasteiger partial charge in [0.25, 0.3) is 5.91 Å². The number of hydrogen-bond acceptors (Lipinski definition) is 4. The summed E-state index contributed by atoms with van der Waals surface area (Å²) in [6.07, 6.45) is -4.57. The fraction of sp³-hybridized carbons (Fsp3) is 0.333. The van der Waals surface area contributed by atoms with Crippen molar-refractivity contribution < 1.29 is 32.6 Å². The van der Waals surface area contributed by atoms with Gasteiger partial charge in [-0.05, 0) is 54.5 Å². The van der Waals surface area contributed by atoms with Crippen LogP contribution in [0.25, 0.3) is 0 Å². The Morgan fingerprint density at radius 2 is 1.97 bits per heavy atom. The van der Waals surface area contributed by atoms with Crippen molar-refractivity contribution in [3.63, 3.8) is 0 Å². The van der Waals surface area contributed by atoms with Crippen LogP contribution in [0.15, 0.2) is 42.5 Å². The molecule has 0 bridgehead atoms. The lowest BCUT2D eigenvalue weighted by atomic mass is 9.88. The van der Waals surface area contributed by atoms with Crippen LogP contribution in [-0.4, -0.2) is 23.1 Å². The Kier molecular flexibility index (Phi) is 4.61. The number of esters is 1. The number of ether oxygens (including phenoxy) is 1. The van der Waals surface area contributed by atoms with Gasteiger partial charge in [-0.2, -0.15) is 13.2 Å². The molecular formula is C21H18F3NO4. The first-order valence-electron chi connectivity index (χ1n) is 9.15. The second kappa shape index (κ2) is 6.88. The van der Waals surface area contributed by atoms with Gasteiger partial charge in [0.05, 0.1) is 11.1 Å². The summed E-state index contributed by atoms with van der Waals surface area (Å²) in [5.74, 6) is -1.07. The summed E-state index contributed by atoms with van der Waals surface area (Å²) in [5, 5.41) is 13.0. The molecule has 2 aromatic carbocycles. The van der Waals surface area contributed by atoms with Crippen molar-refractivity contribution >= 4 is 17.6 Å². The molecule has 2 aromatic rings. The first kappa shape index (κ1) is 19.4. The third-order valence-electron chi connectivity index (χ3n) is 5.49. The number of halogens is 3. The average Bonchev–Trinajstić information content (AvgIpc) is 3.37. The predicted octanol–water partition coefficient (Wildman–Crippen LogP) is 3.80. The standard InChI is InChI=1S/C21H18F3NO4/c22-21(23,24)14-3-1-2-13(9-14)20(6-7-20)10-17(26)18(27)25-15-4-5-16-12(8-15)11-29-19(16)28/h1-5,8-9,17,26H,6-7,10-11H2,(H,25,27). The van der Waals surface area contributed by atoms with E-state index in [1.54, 1.807) is 12.1 Å². The Bertz CT molecular complexity index is 982. The lowest BCUT2D eigenvalue weighted by Gasteiger charge is -2.21. The number of benzene rings is 2. The van der Waals surface area contributed by atoms with E-state index in [0.29, 0.717) is 35.2 Å². The topological polar surface area (TPSA) is 75.6 Å². The van der Waals surface area contributed by atoms with Crippen LogP contribution in [0.2, 0.25) is 0 Å². The van der Waals surface area contributed by atoms with Crippen molar-refractivity contribution in [3.8, 4) is 0 Å². The van der Waals surface area contributed by atoms with Crippen LogP contribution < -0.4 is 5.32 Å². The normalized spacial score (nSPS) is 18.0. The second-order valence-corrected chi connectivity index (χ2v) is 7.52. The highest BCUT2D eigenvalue weighted by Gasteiger charge is 2.47. The zero-order chi connectivity index (χ0) is 20.8. The number of hydrogen-bond donors (Lipinski definition) is 2. The van der Waals surface area contributed by atoms with Gasteiger partial charge in [-0.1, -0.05) is 18.2 Å². The summed E-state index contributed by atoms with van der Waals surface area (Å²) in [6.45, 7) is 0.124. The summed E-state index contributed by atoms with van der Waals surface area (Å²) < 4.78 is 43.9. The molecule has 0 radical (unpaired) electrons. The van der Waals surface area contributed by atoms with Gasteiger partial charge in [-0.15, -0.1) is 0 Å². The minimum absolute atomic E-state index is 0.0344. The quantitative estimate of drug-likeness (QED) is 0.742. The highest BCUT2D eigenvalue weighted by Crippen LogP contribution is 2.52. The smallest absolute Gasteiger partial charge is 0.416 e. The summed E-state index contributed by atoms with van der Waals surface area (Å²) in [6, 6.07) is 9.72. The molecule has 0 spiro atoms. The molecule has 4 rings (SSSR count). The average molecular weight is 405 g/mol. The number of anilines is 1. The second-order valence-electron chi connectivity index (χ2n) is 7.52. The maximum atomic E-state index is 13.0. The maximum Gasteiger partial charge on any atom is 0.416 e. The number of nitrogens with one attached hydrogen (secondary N) is 1. The minimum atomic E-state index is -4.44. The summed E-state index contributed by atoms with van der Waals surface area (Å²) in [7, 11) is 0. The van der Waals surface area contributed by atoms with Crippen LogP contribution >= 0.6 is 0 Å². The van der Waals surface area contributed by atoms with Crippen molar-refractivity contribution in [2.75, 3.05) is 5.32 Å². The number of aliphatic hydroxyl groups excluding tert-OH is 1. The van der Waals surface area contributed by atoms with Crippen LogP contribution in [-0.2, 0) is 27.7 Å². The van der Waals surface area contributed by atoms with E-state index < -0.39 is 35.1 Å². The van der Waals surface area contributed by atoms with Gasteiger partial charge < -0.3 is 15.2 Å². The monoisotopic (exact) mass is 405 g/mol. The molecule has 1 heterocycles. The zero-order valence-electron chi connectivity index (χ0n) is 15.3. The SMILES string of the molecule is O=C1OCc2cc(NC(=O)C(O)CC3(c4cccc(C(F)(F)F)c4)CC3)ccc21. The molecule has 2 N–H and O–H groups in total. The number of alkyl halides is 3. The largest absolute Gasteiger partial charge is 0.457 e. The van der Waals surface area contributed by atoms with Gasteiger partial charge >= 0.3 is 12.1 Å². The molecular weight excluding hydrogens is 387 g/mol. The predicted molar refractivity (Wildman–Crippen MR) is 97.2 cm³/mol. The Morgan fingerprint density at radius 1 is 1.21 bits per heavy atom. The van der Waals surface area contributed by atoms with Gasteiger partial charge in [0.15, 0.2) is 0 Å². The van der Waals surface area contributed by atoms with Crippen molar-refractivity contribution in [1.82, 2.24) is 0 Å². The van der Waals surface area contributed by atoms with Crippen molar-refractivity contribution in [3.05, 3.63) is 64.7 Å². The molecule has 1 unspecified atom stereocenters. The number of fused-ring (bicyclic) bond motifs is 1. The fourth-order valence-electron chi connectivity index (χ4n) is 3.69. The number of amides is 1. The van der Waals surface area contributed by atoms with E-state index >= 15 is 0 Å². The number of aliphatic hydroxyl groups is 1. The van der Waals surface area contributed by atoms with E-state index in [9.17, 15) is 27.9 Å². The minimum Gasteiger partial charge on any atom is -0.457 e. The summed E-state index contributed by atoms with van der Waals surface area (Å²) >= 11 is 0. The van der Waals surface area contributed by atoms with Gasteiger partial charge in [0.2, 0.25) is 0 Å². The van der Waals surface area contributed by atoms with Crippen LogP contribution in [0, 0.1) is 0 Å². The zero-order valence-corrected chi connectivity index (χ0v) is 15.3. The lowest BCUT2D eigenvalue weighted by molar-refractivity contribution is -0.137. The van der Waals surface area contributed by atoms with Gasteiger partial charge in [0, 0.05) is 11.3 Å². The van der Waals surface area contributed by atoms with E-state index in [0.717, 1.165) is 12.1 Å². The van der Waals surface area contributed by atoms with Gasteiger partial charge in [0.1, 0.15) is 12.7 Å².